The summed E-state index contributed by atoms with van der Waals surface area (Å²) < 4.78 is 0. The average Bonchev–Trinajstić information content (AvgIpc) is 2.98. The highest BCUT2D eigenvalue weighted by Crippen LogP contribution is 2.28. The molecule has 2 aliphatic rings. The van der Waals surface area contributed by atoms with Gasteiger partial charge in [-0.1, -0.05) is 6.92 Å². The molecule has 2 aliphatic heterocycles. The van der Waals surface area contributed by atoms with Crippen molar-refractivity contribution < 1.29 is 4.79 Å². The van der Waals surface area contributed by atoms with Crippen LogP contribution in [0.25, 0.3) is 0 Å². The molecule has 0 unspecified atom stereocenters. The molecular weight excluding hydrogens is 369 g/mol. The van der Waals surface area contributed by atoms with Crippen LogP contribution < -0.4 is 10.2 Å². The fourth-order valence-electron chi connectivity index (χ4n) is 4.16. The number of nitrogens with one attached hydrogen (secondary N) is 1. The van der Waals surface area contributed by atoms with E-state index >= 15 is 0 Å². The van der Waals surface area contributed by atoms with Crippen molar-refractivity contribution in [3.05, 3.63) is 29.8 Å². The Bertz CT molecular complexity index is 538. The van der Waals surface area contributed by atoms with Crippen LogP contribution in [0.15, 0.2) is 24.3 Å². The molecule has 0 aliphatic carbocycles. The zero-order valence-electron chi connectivity index (χ0n) is 15.9. The Morgan fingerprint density at radius 3 is 2.15 bits per heavy atom. The first kappa shape index (κ1) is 23.1. The molecule has 26 heavy (non-hydrogen) atoms. The fourth-order valence-corrected chi connectivity index (χ4v) is 4.16. The molecule has 148 valence electrons. The highest BCUT2D eigenvalue weighted by Gasteiger charge is 2.31. The number of carbonyl (C=O) groups excluding carboxylic acids is 1. The van der Waals surface area contributed by atoms with Crippen LogP contribution in [-0.4, -0.2) is 50.1 Å². The van der Waals surface area contributed by atoms with Crippen LogP contribution in [0.3, 0.4) is 0 Å². The highest BCUT2D eigenvalue weighted by atomic mass is 35.5. The van der Waals surface area contributed by atoms with Crippen molar-refractivity contribution in [2.75, 3.05) is 44.2 Å². The number of fused-ring (bicyclic) bond motifs is 1. The van der Waals surface area contributed by atoms with Crippen LogP contribution in [0.1, 0.15) is 43.5 Å². The summed E-state index contributed by atoms with van der Waals surface area (Å²) in [7, 11) is 0. The summed E-state index contributed by atoms with van der Waals surface area (Å²) in [6.45, 7) is 10.5. The van der Waals surface area contributed by atoms with Gasteiger partial charge in [-0.2, -0.15) is 0 Å². The second-order valence-corrected chi connectivity index (χ2v) is 7.17. The Labute approximate surface area is 170 Å². The zero-order valence-corrected chi connectivity index (χ0v) is 17.6. The van der Waals surface area contributed by atoms with Gasteiger partial charge in [0.15, 0.2) is 0 Å². The van der Waals surface area contributed by atoms with Crippen molar-refractivity contribution >= 4 is 36.4 Å². The number of hydrogen-bond acceptors (Lipinski definition) is 3. The van der Waals surface area contributed by atoms with Crippen LogP contribution in [0, 0.1) is 11.8 Å². The summed E-state index contributed by atoms with van der Waals surface area (Å²) in [5.41, 5.74) is 2.05. The third-order valence-electron chi connectivity index (χ3n) is 5.66. The molecule has 1 amide bonds. The first-order valence-electron chi connectivity index (χ1n) is 9.58. The molecule has 0 saturated carbocycles. The lowest BCUT2D eigenvalue weighted by Gasteiger charge is -2.24. The van der Waals surface area contributed by atoms with Crippen molar-refractivity contribution in [3.8, 4) is 0 Å². The molecule has 2 saturated heterocycles. The summed E-state index contributed by atoms with van der Waals surface area (Å²) in [5, 5.41) is 3.49. The normalized spacial score (nSPS) is 21.8. The van der Waals surface area contributed by atoms with Crippen molar-refractivity contribution in [3.63, 3.8) is 0 Å². The number of rotatable bonds is 5. The standard InChI is InChI=1S/C20H31N3O.2ClH/c1-3-11-22(4-2)19-7-5-16(6-8-19)20(24)23-12-9-17-14-21-15-18(17)10-13-23;;/h5-8,17-18,21H,3-4,9-15H2,1-2H3;2*1H/t17-,18+;;. The first-order chi connectivity index (χ1) is 11.7. The number of hydrogen-bond donors (Lipinski definition) is 1. The smallest absolute Gasteiger partial charge is 0.253 e. The maximum atomic E-state index is 12.8. The van der Waals surface area contributed by atoms with Gasteiger partial charge in [0.2, 0.25) is 0 Å². The molecule has 1 aromatic rings. The van der Waals surface area contributed by atoms with E-state index in [1.54, 1.807) is 0 Å². The third-order valence-corrected chi connectivity index (χ3v) is 5.66. The predicted octanol–water partition coefficient (Wildman–Crippen LogP) is 3.84. The van der Waals surface area contributed by atoms with Crippen molar-refractivity contribution in [1.82, 2.24) is 10.2 Å². The van der Waals surface area contributed by atoms with E-state index < -0.39 is 0 Å². The minimum absolute atomic E-state index is 0. The van der Waals surface area contributed by atoms with E-state index in [0.29, 0.717) is 0 Å². The van der Waals surface area contributed by atoms with Crippen molar-refractivity contribution in [2.45, 2.75) is 33.1 Å². The van der Waals surface area contributed by atoms with Crippen LogP contribution >= 0.6 is 24.8 Å². The summed E-state index contributed by atoms with van der Waals surface area (Å²) in [6.07, 6.45) is 3.42. The molecule has 0 spiro atoms. The van der Waals surface area contributed by atoms with E-state index in [0.717, 1.165) is 75.9 Å². The van der Waals surface area contributed by atoms with E-state index in [1.807, 2.05) is 12.1 Å². The van der Waals surface area contributed by atoms with Crippen LogP contribution in [0.2, 0.25) is 0 Å². The van der Waals surface area contributed by atoms with Gasteiger partial charge in [0.25, 0.3) is 5.91 Å². The lowest BCUT2D eigenvalue weighted by atomic mass is 9.92. The van der Waals surface area contributed by atoms with Crippen LogP contribution in [0.5, 0.6) is 0 Å². The van der Waals surface area contributed by atoms with Gasteiger partial charge in [-0.05, 0) is 75.4 Å². The van der Waals surface area contributed by atoms with E-state index in [4.69, 9.17) is 0 Å². The first-order valence-corrected chi connectivity index (χ1v) is 9.58. The van der Waals surface area contributed by atoms with E-state index in [-0.39, 0.29) is 30.7 Å². The number of likely N-dealkylation sites (tertiary alicyclic amines) is 1. The number of amides is 1. The van der Waals surface area contributed by atoms with Gasteiger partial charge in [-0.25, -0.2) is 0 Å². The number of nitrogens with zero attached hydrogens (tertiary/aromatic N) is 2. The number of anilines is 1. The minimum Gasteiger partial charge on any atom is -0.372 e. The molecule has 0 aromatic heterocycles. The molecule has 2 heterocycles. The Kier molecular flexibility index (Phi) is 9.77. The number of benzene rings is 1. The predicted molar refractivity (Wildman–Crippen MR) is 114 cm³/mol. The molecule has 1 aromatic carbocycles. The maximum Gasteiger partial charge on any atom is 0.253 e. The van der Waals surface area contributed by atoms with Crippen molar-refractivity contribution in [1.29, 1.82) is 0 Å². The van der Waals surface area contributed by atoms with Crippen LogP contribution in [-0.2, 0) is 0 Å². The van der Waals surface area contributed by atoms with E-state index in [9.17, 15) is 4.79 Å². The Hall–Kier alpha value is -0.970. The lowest BCUT2D eigenvalue weighted by Crippen LogP contribution is -2.32. The third kappa shape index (κ3) is 5.28. The molecular formula is C20H33Cl2N3O. The largest absolute Gasteiger partial charge is 0.372 e. The van der Waals surface area contributed by atoms with Gasteiger partial charge < -0.3 is 15.1 Å². The zero-order chi connectivity index (χ0) is 16.9. The quantitative estimate of drug-likeness (QED) is 0.813. The molecule has 0 bridgehead atoms. The molecule has 2 atom stereocenters. The van der Waals surface area contributed by atoms with E-state index in [2.05, 4.69) is 41.1 Å². The van der Waals surface area contributed by atoms with Crippen molar-refractivity contribution in [2.24, 2.45) is 11.8 Å². The average molecular weight is 402 g/mol. The molecule has 0 radical (unpaired) electrons. The second kappa shape index (κ2) is 11.0. The van der Waals surface area contributed by atoms with Gasteiger partial charge in [0.1, 0.15) is 0 Å². The van der Waals surface area contributed by atoms with Gasteiger partial charge >= 0.3 is 0 Å². The summed E-state index contributed by atoms with van der Waals surface area (Å²) in [5.74, 6) is 1.72. The van der Waals surface area contributed by atoms with Gasteiger partial charge in [0.05, 0.1) is 0 Å². The van der Waals surface area contributed by atoms with Gasteiger partial charge in [0, 0.05) is 37.4 Å². The van der Waals surface area contributed by atoms with Gasteiger partial charge in [-0.3, -0.25) is 4.79 Å². The summed E-state index contributed by atoms with van der Waals surface area (Å²) in [6, 6.07) is 8.21. The number of halogens is 2. The summed E-state index contributed by atoms with van der Waals surface area (Å²) in [4.78, 5) is 17.3. The lowest BCUT2D eigenvalue weighted by molar-refractivity contribution is 0.0758. The minimum atomic E-state index is 0. The molecule has 4 nitrogen and oxygen atoms in total. The van der Waals surface area contributed by atoms with Gasteiger partial charge in [-0.15, -0.1) is 24.8 Å². The second-order valence-electron chi connectivity index (χ2n) is 7.17. The Balaban J connectivity index is 0.00000169. The fraction of sp³-hybridized carbons (Fsp3) is 0.650. The SMILES string of the molecule is CCCN(CC)c1ccc(C(=O)N2CC[C@@H]3CNC[C@@H]3CC2)cc1.Cl.Cl. The molecule has 2 fully saturated rings. The van der Waals surface area contributed by atoms with Crippen LogP contribution in [0.4, 0.5) is 5.69 Å². The van der Waals surface area contributed by atoms with E-state index in [1.165, 1.54) is 5.69 Å². The maximum absolute atomic E-state index is 12.8. The molecule has 1 N–H and O–H groups in total. The Morgan fingerprint density at radius 1 is 1.08 bits per heavy atom. The molecule has 3 rings (SSSR count). The summed E-state index contributed by atoms with van der Waals surface area (Å²) >= 11 is 0. The monoisotopic (exact) mass is 401 g/mol. The molecule has 6 heteroatoms. The topological polar surface area (TPSA) is 35.6 Å². The Morgan fingerprint density at radius 2 is 1.65 bits per heavy atom. The number of carbonyl (C=O) groups is 1. The highest BCUT2D eigenvalue weighted by molar-refractivity contribution is 5.94.